The number of rotatable bonds is 2. The Kier molecular flexibility index (Phi) is 3.19. The molecular formula is C12H15N3O5. The number of carboxylic acids is 1. The van der Waals surface area contributed by atoms with E-state index >= 15 is 0 Å². The summed E-state index contributed by atoms with van der Waals surface area (Å²) in [6.07, 6.45) is 2.70. The van der Waals surface area contributed by atoms with Gasteiger partial charge in [0.15, 0.2) is 17.2 Å². The number of aromatic amines is 1. The van der Waals surface area contributed by atoms with Crippen LogP contribution >= 0.6 is 0 Å². The molecule has 0 atom stereocenters. The molecule has 1 spiro atoms. The number of carbonyl (C=O) groups is 2. The summed E-state index contributed by atoms with van der Waals surface area (Å²) in [5, 5.41) is 9.02. The number of likely N-dealkylation sites (tertiary alicyclic amines) is 1. The maximum Gasteiger partial charge on any atom is 0.354 e. The highest BCUT2D eigenvalue weighted by atomic mass is 16.7. The Labute approximate surface area is 114 Å². The number of aromatic carboxylic acids is 1. The fourth-order valence-electron chi connectivity index (χ4n) is 2.66. The molecular weight excluding hydrogens is 266 g/mol. The molecule has 8 heteroatoms. The van der Waals surface area contributed by atoms with Gasteiger partial charge in [-0.25, -0.2) is 9.78 Å². The minimum atomic E-state index is -1.20. The van der Waals surface area contributed by atoms with E-state index < -0.39 is 17.7 Å². The smallest absolute Gasteiger partial charge is 0.354 e. The number of imidazole rings is 1. The molecule has 1 aromatic heterocycles. The summed E-state index contributed by atoms with van der Waals surface area (Å²) >= 11 is 0. The predicted octanol–water partition coefficient (Wildman–Crippen LogP) is 0.0870. The molecule has 0 saturated carbocycles. The van der Waals surface area contributed by atoms with Crippen LogP contribution in [-0.2, 0) is 9.47 Å². The van der Waals surface area contributed by atoms with E-state index in [0.717, 1.165) is 12.8 Å². The molecule has 0 unspecified atom stereocenters. The van der Waals surface area contributed by atoms with Crippen molar-refractivity contribution in [1.82, 2.24) is 14.9 Å². The van der Waals surface area contributed by atoms with Gasteiger partial charge in [-0.15, -0.1) is 0 Å². The maximum atomic E-state index is 12.4. The van der Waals surface area contributed by atoms with E-state index in [9.17, 15) is 9.59 Å². The zero-order valence-electron chi connectivity index (χ0n) is 10.8. The van der Waals surface area contributed by atoms with Crippen molar-refractivity contribution in [3.63, 3.8) is 0 Å². The number of nitrogens with one attached hydrogen (secondary N) is 1. The second-order valence-electron chi connectivity index (χ2n) is 4.87. The first-order valence-electron chi connectivity index (χ1n) is 6.45. The highest BCUT2D eigenvalue weighted by Gasteiger charge is 2.42. The predicted molar refractivity (Wildman–Crippen MR) is 65.3 cm³/mol. The van der Waals surface area contributed by atoms with Crippen molar-refractivity contribution in [2.75, 3.05) is 26.3 Å². The van der Waals surface area contributed by atoms with Crippen LogP contribution < -0.4 is 0 Å². The molecule has 1 aromatic rings. The molecule has 1 amide bonds. The minimum Gasteiger partial charge on any atom is -0.477 e. The fourth-order valence-corrected chi connectivity index (χ4v) is 2.66. The van der Waals surface area contributed by atoms with Gasteiger partial charge in [-0.05, 0) is 6.42 Å². The van der Waals surface area contributed by atoms with Crippen LogP contribution in [-0.4, -0.2) is 63.9 Å². The Hall–Kier alpha value is -1.93. The van der Waals surface area contributed by atoms with Gasteiger partial charge >= 0.3 is 5.97 Å². The molecule has 2 N–H and O–H groups in total. The van der Waals surface area contributed by atoms with E-state index in [4.69, 9.17) is 14.6 Å². The number of aromatic nitrogens is 2. The Morgan fingerprint density at radius 2 is 2.15 bits per heavy atom. The number of H-pyrrole nitrogens is 1. The number of carboxylic acid groups (broad SMARTS) is 1. The second-order valence-corrected chi connectivity index (χ2v) is 4.87. The van der Waals surface area contributed by atoms with Crippen LogP contribution in [0.25, 0.3) is 0 Å². The van der Waals surface area contributed by atoms with Crippen molar-refractivity contribution in [2.24, 2.45) is 0 Å². The third-order valence-corrected chi connectivity index (χ3v) is 3.57. The normalized spacial score (nSPS) is 21.3. The summed E-state index contributed by atoms with van der Waals surface area (Å²) < 4.78 is 11.2. The lowest BCUT2D eigenvalue weighted by atomic mass is 10.0. The van der Waals surface area contributed by atoms with E-state index in [1.54, 1.807) is 0 Å². The van der Waals surface area contributed by atoms with E-state index in [1.807, 2.05) is 0 Å². The quantitative estimate of drug-likeness (QED) is 0.796. The lowest BCUT2D eigenvalue weighted by Crippen LogP contribution is -2.51. The molecule has 2 fully saturated rings. The molecule has 0 aromatic carbocycles. The summed E-state index contributed by atoms with van der Waals surface area (Å²) in [5.74, 6) is -2.35. The zero-order valence-corrected chi connectivity index (χ0v) is 10.8. The molecule has 3 heterocycles. The average Bonchev–Trinajstić information content (AvgIpc) is 3.07. The summed E-state index contributed by atoms with van der Waals surface area (Å²) in [7, 11) is 0. The maximum absolute atomic E-state index is 12.4. The van der Waals surface area contributed by atoms with Gasteiger partial charge in [-0.3, -0.25) is 4.79 Å². The standard InChI is InChI=1S/C12H15N3O5/c16-10(8-9(11(17)18)14-7-13-8)15-3-1-2-12(6-15)19-4-5-20-12/h7H,1-6H2,(H,13,14)(H,17,18). The number of hydrogen-bond donors (Lipinski definition) is 2. The van der Waals surface area contributed by atoms with Crippen LogP contribution in [0.15, 0.2) is 6.33 Å². The third kappa shape index (κ3) is 2.16. The lowest BCUT2D eigenvalue weighted by Gasteiger charge is -2.38. The van der Waals surface area contributed by atoms with Crippen LogP contribution in [0.5, 0.6) is 0 Å². The van der Waals surface area contributed by atoms with Crippen molar-refractivity contribution in [1.29, 1.82) is 0 Å². The molecule has 20 heavy (non-hydrogen) atoms. The van der Waals surface area contributed by atoms with Gasteiger partial charge in [-0.1, -0.05) is 0 Å². The Morgan fingerprint density at radius 1 is 1.40 bits per heavy atom. The van der Waals surface area contributed by atoms with Crippen LogP contribution in [0, 0.1) is 0 Å². The highest BCUT2D eigenvalue weighted by Crippen LogP contribution is 2.30. The Morgan fingerprint density at radius 3 is 2.85 bits per heavy atom. The first-order chi connectivity index (χ1) is 9.61. The number of piperidine rings is 1. The Bertz CT molecular complexity index is 535. The highest BCUT2D eigenvalue weighted by molar-refractivity contribution is 6.02. The van der Waals surface area contributed by atoms with Gasteiger partial charge in [0.2, 0.25) is 0 Å². The molecule has 8 nitrogen and oxygen atoms in total. The monoisotopic (exact) mass is 281 g/mol. The first-order valence-corrected chi connectivity index (χ1v) is 6.45. The average molecular weight is 281 g/mol. The van der Waals surface area contributed by atoms with Crippen molar-refractivity contribution < 1.29 is 24.2 Å². The van der Waals surface area contributed by atoms with Gasteiger partial charge in [0.05, 0.1) is 26.1 Å². The largest absolute Gasteiger partial charge is 0.477 e. The van der Waals surface area contributed by atoms with E-state index in [1.165, 1.54) is 11.2 Å². The lowest BCUT2D eigenvalue weighted by molar-refractivity contribution is -0.183. The first kappa shape index (κ1) is 13.1. The van der Waals surface area contributed by atoms with Crippen molar-refractivity contribution in [3.05, 3.63) is 17.7 Å². The second kappa shape index (κ2) is 4.88. The van der Waals surface area contributed by atoms with Crippen molar-refractivity contribution >= 4 is 11.9 Å². The van der Waals surface area contributed by atoms with Crippen molar-refractivity contribution in [2.45, 2.75) is 18.6 Å². The number of carbonyl (C=O) groups excluding carboxylic acids is 1. The molecule has 0 bridgehead atoms. The van der Waals surface area contributed by atoms with E-state index in [2.05, 4.69) is 9.97 Å². The molecule has 108 valence electrons. The van der Waals surface area contributed by atoms with Crippen LogP contribution in [0.1, 0.15) is 33.8 Å². The third-order valence-electron chi connectivity index (χ3n) is 3.57. The van der Waals surface area contributed by atoms with Gasteiger partial charge < -0.3 is 24.5 Å². The molecule has 2 aliphatic heterocycles. The summed E-state index contributed by atoms with van der Waals surface area (Å²) in [6.45, 7) is 1.88. The minimum absolute atomic E-state index is 0.0763. The van der Waals surface area contributed by atoms with Crippen LogP contribution in [0.2, 0.25) is 0 Å². The number of hydrogen-bond acceptors (Lipinski definition) is 5. The van der Waals surface area contributed by atoms with Crippen LogP contribution in [0.3, 0.4) is 0 Å². The van der Waals surface area contributed by atoms with Gasteiger partial charge in [0, 0.05) is 13.0 Å². The Balaban J connectivity index is 1.80. The van der Waals surface area contributed by atoms with Gasteiger partial charge in [-0.2, -0.15) is 0 Å². The van der Waals surface area contributed by atoms with E-state index in [-0.39, 0.29) is 11.4 Å². The fraction of sp³-hybridized carbons (Fsp3) is 0.583. The summed E-state index contributed by atoms with van der Waals surface area (Å²) in [4.78, 5) is 31.2. The van der Waals surface area contributed by atoms with Gasteiger partial charge in [0.1, 0.15) is 0 Å². The molecule has 0 radical (unpaired) electrons. The van der Waals surface area contributed by atoms with Crippen LogP contribution in [0.4, 0.5) is 0 Å². The molecule has 2 saturated heterocycles. The number of amides is 1. The van der Waals surface area contributed by atoms with E-state index in [0.29, 0.717) is 26.3 Å². The molecule has 3 rings (SSSR count). The van der Waals surface area contributed by atoms with Gasteiger partial charge in [0.25, 0.3) is 5.91 Å². The number of ether oxygens (including phenoxy) is 2. The SMILES string of the molecule is O=C(O)c1[nH]cnc1C(=O)N1CCCC2(C1)OCCO2. The summed E-state index contributed by atoms with van der Waals surface area (Å²) in [5.41, 5.74) is -0.268. The molecule has 0 aliphatic carbocycles. The molecule has 2 aliphatic rings. The topological polar surface area (TPSA) is 105 Å². The zero-order chi connectivity index (χ0) is 14.2. The van der Waals surface area contributed by atoms with Crippen molar-refractivity contribution in [3.8, 4) is 0 Å². The number of nitrogens with zero attached hydrogens (tertiary/aromatic N) is 2. The summed E-state index contributed by atoms with van der Waals surface area (Å²) in [6, 6.07) is 0.